The molecule has 0 aromatic rings. The Kier molecular flexibility index (Phi) is 8.37. The maximum absolute atomic E-state index is 13.5. The number of carbonyl (C=O) groups is 2. The summed E-state index contributed by atoms with van der Waals surface area (Å²) in [6, 6.07) is 0. The summed E-state index contributed by atoms with van der Waals surface area (Å²) in [6.45, 7) is 3.20. The van der Waals surface area contributed by atoms with Gasteiger partial charge in [-0.3, -0.25) is 0 Å². The number of hydrogen-bond acceptors (Lipinski definition) is 3. The van der Waals surface area contributed by atoms with Gasteiger partial charge >= 0.3 is 53.8 Å². The van der Waals surface area contributed by atoms with Crippen molar-refractivity contribution in [2.24, 2.45) is 0 Å². The summed E-state index contributed by atoms with van der Waals surface area (Å²) in [5.74, 6) is -46.2. The summed E-state index contributed by atoms with van der Waals surface area (Å²) in [7, 11) is 0. The molecule has 0 aliphatic rings. The van der Waals surface area contributed by atoms with Crippen LogP contribution < -0.4 is 0 Å². The number of esters is 1. The molecular formula is C15H8F16O4. The first-order valence-electron chi connectivity index (χ1n) is 7.85. The Balaban J connectivity index is 6.35. The van der Waals surface area contributed by atoms with Crippen molar-refractivity contribution in [2.75, 3.05) is 0 Å². The molecule has 4 nitrogen and oxygen atoms in total. The maximum Gasteiger partial charge on any atom is 0.460 e. The summed E-state index contributed by atoms with van der Waals surface area (Å²) in [5.41, 5.74) is -2.44. The molecule has 0 aliphatic carbocycles. The van der Waals surface area contributed by atoms with Gasteiger partial charge in [0.1, 0.15) is 0 Å². The number of aliphatic carboxylic acids is 1. The highest BCUT2D eigenvalue weighted by molar-refractivity contribution is 5.95. The summed E-state index contributed by atoms with van der Waals surface area (Å²) in [6.07, 6.45) is -20.7. The quantitative estimate of drug-likeness (QED) is 0.160. The van der Waals surface area contributed by atoms with Gasteiger partial charge in [0.05, 0.1) is 5.57 Å². The molecule has 0 bridgehead atoms. The van der Waals surface area contributed by atoms with E-state index in [1.807, 2.05) is 0 Å². The molecule has 0 saturated heterocycles. The Hall–Kier alpha value is -2.70. The molecule has 0 rings (SSSR count). The molecule has 1 atom stereocenters. The van der Waals surface area contributed by atoms with Gasteiger partial charge < -0.3 is 9.84 Å². The molecule has 0 aromatic carbocycles. The van der Waals surface area contributed by atoms with Crippen molar-refractivity contribution in [2.45, 2.75) is 55.0 Å². The number of carboxylic acids is 1. The van der Waals surface area contributed by atoms with Crippen LogP contribution in [0.25, 0.3) is 0 Å². The highest BCUT2D eigenvalue weighted by Gasteiger charge is 2.92. The normalized spacial score (nSPS) is 16.1. The summed E-state index contributed by atoms with van der Waals surface area (Å²) >= 11 is 0. The van der Waals surface area contributed by atoms with E-state index >= 15 is 0 Å². The third-order valence-electron chi connectivity index (χ3n) is 3.79. The first-order chi connectivity index (χ1) is 15.0. The van der Waals surface area contributed by atoms with Crippen LogP contribution in [0.4, 0.5) is 70.2 Å². The minimum Gasteiger partial charge on any atom is -0.478 e. The Morgan fingerprint density at radius 3 is 1.49 bits per heavy atom. The first kappa shape index (κ1) is 32.3. The van der Waals surface area contributed by atoms with Crippen molar-refractivity contribution >= 4 is 11.9 Å². The number of carbonyl (C=O) groups excluding carboxylic acids is 1. The van der Waals surface area contributed by atoms with Crippen LogP contribution in [-0.4, -0.2) is 65.1 Å². The lowest BCUT2D eigenvalue weighted by Crippen LogP contribution is -2.72. The molecule has 0 aromatic heterocycles. The Morgan fingerprint density at radius 2 is 1.14 bits per heavy atom. The predicted octanol–water partition coefficient (Wildman–Crippen LogP) is 5.79. The van der Waals surface area contributed by atoms with Crippen LogP contribution in [0.5, 0.6) is 0 Å². The van der Waals surface area contributed by atoms with Crippen molar-refractivity contribution in [3.63, 3.8) is 0 Å². The summed E-state index contributed by atoms with van der Waals surface area (Å²) < 4.78 is 211. The van der Waals surface area contributed by atoms with Crippen LogP contribution >= 0.6 is 0 Å². The third kappa shape index (κ3) is 5.29. The van der Waals surface area contributed by atoms with E-state index in [1.165, 1.54) is 0 Å². The minimum atomic E-state index is -8.56. The van der Waals surface area contributed by atoms with Crippen LogP contribution in [0.3, 0.4) is 0 Å². The van der Waals surface area contributed by atoms with E-state index in [0.717, 1.165) is 0 Å². The van der Waals surface area contributed by atoms with Crippen molar-refractivity contribution < 1.29 is 89.7 Å². The molecule has 0 amide bonds. The lowest BCUT2D eigenvalue weighted by Gasteiger charge is -2.40. The molecule has 0 spiro atoms. The molecular weight excluding hydrogens is 548 g/mol. The largest absolute Gasteiger partial charge is 0.478 e. The SMILES string of the molecule is C=C(C=C(C)C(=O)O)C(=O)OC(F)(F)C(F)C(F)(F)C(F)(F)C(F)(F)C(F)(F)C(F)(F)C(F)(F)F. The molecule has 0 aliphatic heterocycles. The van der Waals surface area contributed by atoms with Crippen molar-refractivity contribution in [1.29, 1.82) is 0 Å². The topological polar surface area (TPSA) is 63.6 Å². The number of alkyl halides is 16. The number of hydrogen-bond donors (Lipinski definition) is 1. The van der Waals surface area contributed by atoms with E-state index in [-0.39, 0.29) is 6.08 Å². The fraction of sp³-hybridized carbons (Fsp3) is 0.600. The van der Waals surface area contributed by atoms with Gasteiger partial charge in [-0.2, -0.15) is 65.9 Å². The lowest BCUT2D eigenvalue weighted by molar-refractivity contribution is -0.449. The molecule has 0 saturated carbocycles. The average molecular weight is 556 g/mol. The lowest BCUT2D eigenvalue weighted by atomic mass is 9.91. The Bertz CT molecular complexity index is 886. The predicted molar refractivity (Wildman–Crippen MR) is 77.3 cm³/mol. The van der Waals surface area contributed by atoms with E-state index in [9.17, 15) is 79.8 Å². The van der Waals surface area contributed by atoms with Crippen LogP contribution in [-0.2, 0) is 14.3 Å². The van der Waals surface area contributed by atoms with E-state index in [2.05, 4.69) is 11.3 Å². The molecule has 0 fully saturated rings. The second-order valence-electron chi connectivity index (χ2n) is 6.39. The molecule has 1 unspecified atom stereocenters. The molecule has 0 radical (unpaired) electrons. The van der Waals surface area contributed by atoms with Gasteiger partial charge in [0.2, 0.25) is 0 Å². The minimum absolute atomic E-state index is 0.0641. The first-order valence-corrected chi connectivity index (χ1v) is 7.85. The highest BCUT2D eigenvalue weighted by atomic mass is 19.4. The van der Waals surface area contributed by atoms with Gasteiger partial charge in [-0.25, -0.2) is 14.0 Å². The molecule has 0 heterocycles. The fourth-order valence-electron chi connectivity index (χ4n) is 1.77. The zero-order valence-electron chi connectivity index (χ0n) is 16.1. The van der Waals surface area contributed by atoms with Gasteiger partial charge in [0.15, 0.2) is 0 Å². The van der Waals surface area contributed by atoms with Crippen LogP contribution in [0, 0.1) is 0 Å². The highest BCUT2D eigenvalue weighted by Crippen LogP contribution is 2.61. The average Bonchev–Trinajstić information content (AvgIpc) is 2.64. The van der Waals surface area contributed by atoms with E-state index in [1.54, 1.807) is 0 Å². The van der Waals surface area contributed by atoms with Crippen LogP contribution in [0.2, 0.25) is 0 Å². The van der Waals surface area contributed by atoms with Crippen LogP contribution in [0.15, 0.2) is 23.8 Å². The van der Waals surface area contributed by atoms with Gasteiger partial charge in [-0.15, -0.1) is 0 Å². The second-order valence-corrected chi connectivity index (χ2v) is 6.39. The van der Waals surface area contributed by atoms with E-state index < -0.39 is 71.2 Å². The second kappa shape index (κ2) is 9.07. The van der Waals surface area contributed by atoms with Crippen LogP contribution in [0.1, 0.15) is 6.92 Å². The summed E-state index contributed by atoms with van der Waals surface area (Å²) in [4.78, 5) is 21.8. The van der Waals surface area contributed by atoms with Gasteiger partial charge in [-0.1, -0.05) is 6.58 Å². The van der Waals surface area contributed by atoms with Gasteiger partial charge in [-0.05, 0) is 13.0 Å². The monoisotopic (exact) mass is 556 g/mol. The Morgan fingerprint density at radius 1 is 0.771 bits per heavy atom. The molecule has 35 heavy (non-hydrogen) atoms. The van der Waals surface area contributed by atoms with Gasteiger partial charge in [0, 0.05) is 5.57 Å². The number of halogens is 16. The molecule has 1 N–H and O–H groups in total. The van der Waals surface area contributed by atoms with E-state index in [0.29, 0.717) is 6.92 Å². The standard InChI is InChI=1S/C15H8F16O4/c1-4(6(32)33)3-5(2)7(34)35-10(19,20)8(16)9(17,18)11(21,22)12(23,24)13(25,26)14(27,28)15(29,30)31/h3,8H,2H2,1H3,(H,32,33). The number of rotatable bonds is 10. The third-order valence-corrected chi connectivity index (χ3v) is 3.79. The summed E-state index contributed by atoms with van der Waals surface area (Å²) in [5, 5.41) is 8.47. The van der Waals surface area contributed by atoms with Gasteiger partial charge in [0.25, 0.3) is 6.17 Å². The van der Waals surface area contributed by atoms with Crippen molar-refractivity contribution in [3.05, 3.63) is 23.8 Å². The fourth-order valence-corrected chi connectivity index (χ4v) is 1.77. The van der Waals surface area contributed by atoms with E-state index in [4.69, 9.17) is 5.11 Å². The zero-order chi connectivity index (χ0) is 28.8. The molecule has 204 valence electrons. The smallest absolute Gasteiger partial charge is 0.460 e. The van der Waals surface area contributed by atoms with Crippen molar-refractivity contribution in [1.82, 2.24) is 0 Å². The zero-order valence-corrected chi connectivity index (χ0v) is 16.1. The molecule has 20 heteroatoms. The maximum atomic E-state index is 13.5. The number of ether oxygens (including phenoxy) is 1. The van der Waals surface area contributed by atoms with Crippen molar-refractivity contribution in [3.8, 4) is 0 Å². The number of carboxylic acid groups (broad SMARTS) is 1. The Labute approximate surface area is 181 Å².